The first-order valence-corrected chi connectivity index (χ1v) is 6.00. The number of hydrogen-bond donors (Lipinski definition) is 1. The predicted molar refractivity (Wildman–Crippen MR) is 66.3 cm³/mol. The summed E-state index contributed by atoms with van der Waals surface area (Å²) in [6.45, 7) is 1.70. The predicted octanol–water partition coefficient (Wildman–Crippen LogP) is 4.09. The molecule has 0 aliphatic heterocycles. The van der Waals surface area contributed by atoms with Crippen molar-refractivity contribution >= 4 is 22.2 Å². The molecule has 1 N–H and O–H groups in total. The maximum atomic E-state index is 12.4. The van der Waals surface area contributed by atoms with Crippen molar-refractivity contribution in [2.45, 2.75) is 13.1 Å². The molecule has 3 nitrogen and oxygen atoms in total. The molecule has 2 aromatic rings. The summed E-state index contributed by atoms with van der Waals surface area (Å²) in [6.07, 6.45) is -4.35. The zero-order valence-electron chi connectivity index (χ0n) is 9.75. The average Bonchev–Trinajstić information content (AvgIpc) is 2.69. The van der Waals surface area contributed by atoms with E-state index >= 15 is 0 Å². The van der Waals surface area contributed by atoms with Gasteiger partial charge in [0.15, 0.2) is 0 Å². The Labute approximate surface area is 111 Å². The molecule has 0 saturated heterocycles. The lowest BCUT2D eigenvalue weighted by molar-refractivity contribution is -0.137. The second-order valence-corrected chi connectivity index (χ2v) is 4.56. The van der Waals surface area contributed by atoms with Crippen LogP contribution in [-0.2, 0) is 6.18 Å². The van der Waals surface area contributed by atoms with Gasteiger partial charge in [-0.25, -0.2) is 0 Å². The van der Waals surface area contributed by atoms with Gasteiger partial charge in [0.2, 0.25) is 0 Å². The maximum absolute atomic E-state index is 12.4. The van der Waals surface area contributed by atoms with Gasteiger partial charge in [-0.3, -0.25) is 0 Å². The summed E-state index contributed by atoms with van der Waals surface area (Å²) in [7, 11) is 0. The zero-order valence-corrected chi connectivity index (χ0v) is 10.6. The fourth-order valence-corrected chi connectivity index (χ4v) is 2.23. The van der Waals surface area contributed by atoms with Crippen molar-refractivity contribution in [2.24, 2.45) is 0 Å². The molecular weight excluding hydrogens is 275 g/mol. The SMILES string of the molecule is Cc1nsc(Nc2ccc(C(F)(F)F)cc2)c1C#N. The van der Waals surface area contributed by atoms with Crippen LogP contribution in [-0.4, -0.2) is 4.37 Å². The van der Waals surface area contributed by atoms with E-state index in [0.29, 0.717) is 21.9 Å². The van der Waals surface area contributed by atoms with Gasteiger partial charge in [-0.05, 0) is 42.7 Å². The Kier molecular flexibility index (Phi) is 3.44. The molecule has 1 aromatic carbocycles. The monoisotopic (exact) mass is 283 g/mol. The molecule has 0 aliphatic carbocycles. The zero-order chi connectivity index (χ0) is 14.0. The van der Waals surface area contributed by atoms with Gasteiger partial charge >= 0.3 is 6.18 Å². The highest BCUT2D eigenvalue weighted by atomic mass is 32.1. The van der Waals surface area contributed by atoms with Crippen LogP contribution in [0.2, 0.25) is 0 Å². The molecule has 1 aromatic heterocycles. The van der Waals surface area contributed by atoms with Crippen LogP contribution in [0, 0.1) is 18.3 Å². The molecule has 0 spiro atoms. The maximum Gasteiger partial charge on any atom is 0.416 e. The normalized spacial score (nSPS) is 11.1. The van der Waals surface area contributed by atoms with Crippen molar-refractivity contribution in [3.05, 3.63) is 41.1 Å². The molecule has 0 bridgehead atoms. The summed E-state index contributed by atoms with van der Waals surface area (Å²) in [5.41, 5.74) is 0.777. The van der Waals surface area contributed by atoms with E-state index in [2.05, 4.69) is 9.69 Å². The van der Waals surface area contributed by atoms with Crippen molar-refractivity contribution in [2.75, 3.05) is 5.32 Å². The summed E-state index contributed by atoms with van der Waals surface area (Å²) in [6, 6.07) is 6.62. The number of rotatable bonds is 2. The highest BCUT2D eigenvalue weighted by Gasteiger charge is 2.29. The Hall–Kier alpha value is -2.07. The van der Waals surface area contributed by atoms with E-state index in [1.54, 1.807) is 6.92 Å². The summed E-state index contributed by atoms with van der Waals surface area (Å²) in [5, 5.41) is 12.4. The number of nitriles is 1. The second kappa shape index (κ2) is 4.90. The highest BCUT2D eigenvalue weighted by Crippen LogP contribution is 2.31. The molecular formula is C12H8F3N3S. The highest BCUT2D eigenvalue weighted by molar-refractivity contribution is 7.10. The van der Waals surface area contributed by atoms with Gasteiger partial charge in [-0.1, -0.05) is 0 Å². The molecule has 0 radical (unpaired) electrons. The van der Waals surface area contributed by atoms with Crippen LogP contribution in [0.15, 0.2) is 24.3 Å². The summed E-state index contributed by atoms with van der Waals surface area (Å²) in [4.78, 5) is 0. The van der Waals surface area contributed by atoms with Crippen molar-refractivity contribution < 1.29 is 13.2 Å². The summed E-state index contributed by atoms with van der Waals surface area (Å²) >= 11 is 1.10. The fourth-order valence-electron chi connectivity index (χ4n) is 1.46. The Morgan fingerprint density at radius 2 is 1.89 bits per heavy atom. The van der Waals surface area contributed by atoms with Gasteiger partial charge in [-0.15, -0.1) is 0 Å². The van der Waals surface area contributed by atoms with E-state index in [4.69, 9.17) is 5.26 Å². The molecule has 0 aliphatic rings. The number of nitrogens with zero attached hydrogens (tertiary/aromatic N) is 2. The summed E-state index contributed by atoms with van der Waals surface area (Å²) < 4.78 is 41.2. The van der Waals surface area contributed by atoms with Crippen LogP contribution in [0.25, 0.3) is 0 Å². The van der Waals surface area contributed by atoms with Crippen LogP contribution < -0.4 is 5.32 Å². The van der Waals surface area contributed by atoms with Crippen molar-refractivity contribution in [1.29, 1.82) is 5.26 Å². The molecule has 7 heteroatoms. The van der Waals surface area contributed by atoms with Crippen LogP contribution in [0.4, 0.5) is 23.9 Å². The largest absolute Gasteiger partial charge is 0.416 e. The van der Waals surface area contributed by atoms with E-state index in [9.17, 15) is 13.2 Å². The van der Waals surface area contributed by atoms with E-state index in [1.807, 2.05) is 6.07 Å². The number of benzene rings is 1. The van der Waals surface area contributed by atoms with Crippen LogP contribution in [0.5, 0.6) is 0 Å². The lowest BCUT2D eigenvalue weighted by Gasteiger charge is -2.08. The number of halogens is 3. The van der Waals surface area contributed by atoms with Crippen LogP contribution >= 0.6 is 11.5 Å². The molecule has 0 fully saturated rings. The third-order valence-corrected chi connectivity index (χ3v) is 3.30. The van der Waals surface area contributed by atoms with Gasteiger partial charge in [0.1, 0.15) is 16.6 Å². The van der Waals surface area contributed by atoms with Gasteiger partial charge < -0.3 is 5.32 Å². The van der Waals surface area contributed by atoms with E-state index < -0.39 is 11.7 Å². The van der Waals surface area contributed by atoms with E-state index in [0.717, 1.165) is 23.7 Å². The molecule has 1 heterocycles. The van der Waals surface area contributed by atoms with Crippen LogP contribution in [0.3, 0.4) is 0 Å². The van der Waals surface area contributed by atoms with Crippen molar-refractivity contribution in [3.8, 4) is 6.07 Å². The first-order chi connectivity index (χ1) is 8.91. The minimum absolute atomic E-state index is 0.407. The van der Waals surface area contributed by atoms with Gasteiger partial charge in [-0.2, -0.15) is 22.8 Å². The molecule has 0 unspecified atom stereocenters. The standard InChI is InChI=1S/C12H8F3N3S/c1-7-10(6-16)11(19-18-7)17-9-4-2-8(3-5-9)12(13,14)15/h2-5,17H,1H3. The third kappa shape index (κ3) is 2.85. The quantitative estimate of drug-likeness (QED) is 0.903. The number of nitrogens with one attached hydrogen (secondary N) is 1. The Morgan fingerprint density at radius 1 is 1.26 bits per heavy atom. The fraction of sp³-hybridized carbons (Fsp3) is 0.167. The Balaban J connectivity index is 2.23. The van der Waals surface area contributed by atoms with Crippen molar-refractivity contribution in [3.63, 3.8) is 0 Å². The molecule has 98 valence electrons. The molecule has 0 amide bonds. The number of alkyl halides is 3. The number of anilines is 2. The lowest BCUT2D eigenvalue weighted by atomic mass is 10.2. The number of aromatic nitrogens is 1. The Bertz CT molecular complexity index is 623. The molecule has 0 saturated carbocycles. The van der Waals surface area contributed by atoms with Crippen molar-refractivity contribution in [1.82, 2.24) is 4.37 Å². The minimum atomic E-state index is -4.35. The lowest BCUT2D eigenvalue weighted by Crippen LogP contribution is -2.04. The summed E-state index contributed by atoms with van der Waals surface area (Å²) in [5.74, 6) is 0. The van der Waals surface area contributed by atoms with Gasteiger partial charge in [0.25, 0.3) is 0 Å². The minimum Gasteiger partial charge on any atom is -0.345 e. The van der Waals surface area contributed by atoms with Gasteiger partial charge in [0.05, 0.1) is 11.3 Å². The van der Waals surface area contributed by atoms with Crippen LogP contribution in [0.1, 0.15) is 16.8 Å². The molecule has 19 heavy (non-hydrogen) atoms. The number of hydrogen-bond acceptors (Lipinski definition) is 4. The first-order valence-electron chi connectivity index (χ1n) is 5.22. The topological polar surface area (TPSA) is 48.7 Å². The average molecular weight is 283 g/mol. The van der Waals surface area contributed by atoms with E-state index in [1.165, 1.54) is 12.1 Å². The first kappa shape index (κ1) is 13.4. The van der Waals surface area contributed by atoms with E-state index in [-0.39, 0.29) is 0 Å². The number of aryl methyl sites for hydroxylation is 1. The second-order valence-electron chi connectivity index (χ2n) is 3.78. The third-order valence-electron chi connectivity index (χ3n) is 2.44. The smallest absolute Gasteiger partial charge is 0.345 e. The Morgan fingerprint density at radius 3 is 2.42 bits per heavy atom. The molecule has 0 atom stereocenters. The molecule has 2 rings (SSSR count). The van der Waals surface area contributed by atoms with Gasteiger partial charge in [0, 0.05) is 5.69 Å².